The molecule has 7 heteroatoms. The van der Waals surface area contributed by atoms with Crippen molar-refractivity contribution in [2.24, 2.45) is 10.2 Å². The van der Waals surface area contributed by atoms with Crippen LogP contribution in [0.25, 0.3) is 11.0 Å². The molecular formula is C20H15N5O2. The molecule has 1 aromatic heterocycles. The molecule has 7 nitrogen and oxygen atoms in total. The Morgan fingerprint density at radius 3 is 2.19 bits per heavy atom. The summed E-state index contributed by atoms with van der Waals surface area (Å²) in [5, 5.41) is 16.3. The summed E-state index contributed by atoms with van der Waals surface area (Å²) < 4.78 is 6.40. The number of azo groups is 1. The number of benzene rings is 3. The third-order valence-corrected chi connectivity index (χ3v) is 4.01. The number of hydrogen-bond donors (Lipinski definition) is 0. The van der Waals surface area contributed by atoms with Crippen molar-refractivity contribution < 1.29 is 9.53 Å². The number of aromatic nitrogens is 3. The minimum Gasteiger partial charge on any atom is -0.497 e. The minimum absolute atomic E-state index is 0.248. The molecule has 0 radical (unpaired) electrons. The van der Waals surface area contributed by atoms with Crippen molar-refractivity contribution in [3.8, 4) is 5.75 Å². The molecule has 1 heterocycles. The van der Waals surface area contributed by atoms with Gasteiger partial charge < -0.3 is 4.74 Å². The van der Waals surface area contributed by atoms with Crippen LogP contribution in [0.5, 0.6) is 5.75 Å². The predicted octanol–water partition coefficient (Wildman–Crippen LogP) is 4.54. The zero-order chi connectivity index (χ0) is 18.6. The first-order chi connectivity index (χ1) is 13.2. The monoisotopic (exact) mass is 357 g/mol. The summed E-state index contributed by atoms with van der Waals surface area (Å²) in [6, 6.07) is 21.5. The van der Waals surface area contributed by atoms with Gasteiger partial charge in [-0.1, -0.05) is 17.3 Å². The summed E-state index contributed by atoms with van der Waals surface area (Å²) in [6.07, 6.45) is 0. The van der Waals surface area contributed by atoms with Crippen molar-refractivity contribution in [2.75, 3.05) is 7.11 Å². The van der Waals surface area contributed by atoms with E-state index in [1.807, 2.05) is 48.5 Å². The molecule has 27 heavy (non-hydrogen) atoms. The molecule has 132 valence electrons. The van der Waals surface area contributed by atoms with Gasteiger partial charge in [0.2, 0.25) is 0 Å². The minimum atomic E-state index is -0.248. The van der Waals surface area contributed by atoms with E-state index in [1.54, 1.807) is 31.4 Å². The first-order valence-electron chi connectivity index (χ1n) is 8.25. The van der Waals surface area contributed by atoms with Gasteiger partial charge in [0.15, 0.2) is 0 Å². The van der Waals surface area contributed by atoms with Gasteiger partial charge in [0, 0.05) is 5.56 Å². The number of ether oxygens (including phenoxy) is 1. The van der Waals surface area contributed by atoms with Gasteiger partial charge in [0.05, 0.1) is 24.0 Å². The first-order valence-corrected chi connectivity index (χ1v) is 8.25. The Labute approximate surface area is 154 Å². The Balaban J connectivity index is 1.53. The average Bonchev–Trinajstić information content (AvgIpc) is 3.16. The number of hydrogen-bond acceptors (Lipinski definition) is 6. The standard InChI is InChI=1S/C20H15N5O2/c1-27-17-12-10-16(11-13-17)22-21-15-8-6-14(7-9-15)20(26)25-19-5-3-2-4-18(19)23-24-25/h2-13H,1H3. The highest BCUT2D eigenvalue weighted by atomic mass is 16.5. The van der Waals surface area contributed by atoms with Gasteiger partial charge in [-0.15, -0.1) is 5.10 Å². The molecule has 4 rings (SSSR count). The fraction of sp³-hybridized carbons (Fsp3) is 0.0500. The van der Waals surface area contributed by atoms with Crippen molar-refractivity contribution in [1.82, 2.24) is 15.0 Å². The smallest absolute Gasteiger partial charge is 0.280 e. The summed E-state index contributed by atoms with van der Waals surface area (Å²) in [7, 11) is 1.61. The lowest BCUT2D eigenvalue weighted by Gasteiger charge is -2.02. The van der Waals surface area contributed by atoms with Gasteiger partial charge in [-0.25, -0.2) is 0 Å². The molecule has 0 amide bonds. The third kappa shape index (κ3) is 3.43. The molecule has 3 aromatic carbocycles. The van der Waals surface area contributed by atoms with Crippen molar-refractivity contribution in [2.45, 2.75) is 0 Å². The Morgan fingerprint density at radius 2 is 1.52 bits per heavy atom. The normalized spacial score (nSPS) is 11.1. The number of fused-ring (bicyclic) bond motifs is 1. The van der Waals surface area contributed by atoms with Crippen LogP contribution in [0.4, 0.5) is 11.4 Å². The van der Waals surface area contributed by atoms with Crippen molar-refractivity contribution in [3.63, 3.8) is 0 Å². The van der Waals surface area contributed by atoms with Gasteiger partial charge in [-0.3, -0.25) is 4.79 Å². The fourth-order valence-electron chi connectivity index (χ4n) is 2.58. The Bertz CT molecular complexity index is 1120. The van der Waals surface area contributed by atoms with Crippen molar-refractivity contribution in [1.29, 1.82) is 0 Å². The van der Waals surface area contributed by atoms with Crippen LogP contribution in [0.3, 0.4) is 0 Å². The summed E-state index contributed by atoms with van der Waals surface area (Å²) in [5.41, 5.74) is 3.20. The van der Waals surface area contributed by atoms with Crippen LogP contribution in [-0.2, 0) is 0 Å². The van der Waals surface area contributed by atoms with E-state index in [9.17, 15) is 4.79 Å². The third-order valence-electron chi connectivity index (χ3n) is 4.01. The van der Waals surface area contributed by atoms with Crippen LogP contribution in [0.2, 0.25) is 0 Å². The number of rotatable bonds is 4. The molecule has 0 unspecified atom stereocenters. The molecule has 4 aromatic rings. The second-order valence-corrected chi connectivity index (χ2v) is 5.74. The maximum absolute atomic E-state index is 12.7. The lowest BCUT2D eigenvalue weighted by molar-refractivity contribution is 0.0948. The number of methoxy groups -OCH3 is 1. The molecule has 0 aliphatic carbocycles. The van der Waals surface area contributed by atoms with E-state index in [4.69, 9.17) is 4.74 Å². The van der Waals surface area contributed by atoms with E-state index < -0.39 is 0 Å². The quantitative estimate of drug-likeness (QED) is 0.502. The SMILES string of the molecule is COc1ccc(N=Nc2ccc(C(=O)n3nnc4ccccc43)cc2)cc1. The number of nitrogens with zero attached hydrogens (tertiary/aromatic N) is 5. The second-order valence-electron chi connectivity index (χ2n) is 5.74. The highest BCUT2D eigenvalue weighted by molar-refractivity contribution is 6.00. The molecule has 0 N–H and O–H groups in total. The van der Waals surface area contributed by atoms with Gasteiger partial charge in [-0.05, 0) is 60.7 Å². The van der Waals surface area contributed by atoms with Crippen LogP contribution in [0.1, 0.15) is 10.4 Å². The van der Waals surface area contributed by atoms with Crippen molar-refractivity contribution >= 4 is 28.3 Å². The van der Waals surface area contributed by atoms with Crippen LogP contribution in [-0.4, -0.2) is 28.0 Å². The fourth-order valence-corrected chi connectivity index (χ4v) is 2.58. The predicted molar refractivity (Wildman–Crippen MR) is 101 cm³/mol. The maximum atomic E-state index is 12.7. The highest BCUT2D eigenvalue weighted by Crippen LogP contribution is 2.22. The zero-order valence-corrected chi connectivity index (χ0v) is 14.5. The van der Waals surface area contributed by atoms with E-state index in [0.29, 0.717) is 28.0 Å². The Hall–Kier alpha value is -3.87. The molecule has 0 atom stereocenters. The summed E-state index contributed by atoms with van der Waals surface area (Å²) in [5.74, 6) is 0.514. The number of carbonyl (C=O) groups excluding carboxylic acids is 1. The van der Waals surface area contributed by atoms with Gasteiger partial charge in [-0.2, -0.15) is 14.9 Å². The van der Waals surface area contributed by atoms with Gasteiger partial charge in [0.25, 0.3) is 5.91 Å². The van der Waals surface area contributed by atoms with E-state index in [0.717, 1.165) is 5.75 Å². The van der Waals surface area contributed by atoms with E-state index in [1.165, 1.54) is 4.68 Å². The van der Waals surface area contributed by atoms with E-state index in [2.05, 4.69) is 20.5 Å². The molecule has 0 aliphatic rings. The molecule has 0 spiro atoms. The molecule has 0 fully saturated rings. The lowest BCUT2D eigenvalue weighted by atomic mass is 10.2. The first kappa shape index (κ1) is 16.6. The largest absolute Gasteiger partial charge is 0.497 e. The molecule has 0 aliphatic heterocycles. The zero-order valence-electron chi connectivity index (χ0n) is 14.5. The summed E-state index contributed by atoms with van der Waals surface area (Å²) in [6.45, 7) is 0. The van der Waals surface area contributed by atoms with Crippen LogP contribution < -0.4 is 4.74 Å². The van der Waals surface area contributed by atoms with E-state index >= 15 is 0 Å². The Kier molecular flexibility index (Phi) is 4.40. The highest BCUT2D eigenvalue weighted by Gasteiger charge is 2.13. The lowest BCUT2D eigenvalue weighted by Crippen LogP contribution is -2.13. The Morgan fingerprint density at radius 1 is 0.889 bits per heavy atom. The molecule has 0 saturated carbocycles. The number of para-hydroxylation sites is 1. The van der Waals surface area contributed by atoms with Crippen LogP contribution in [0.15, 0.2) is 83.0 Å². The van der Waals surface area contributed by atoms with E-state index in [-0.39, 0.29) is 5.91 Å². The summed E-state index contributed by atoms with van der Waals surface area (Å²) >= 11 is 0. The molecular weight excluding hydrogens is 342 g/mol. The molecule has 0 saturated heterocycles. The van der Waals surface area contributed by atoms with Crippen LogP contribution in [0, 0.1) is 0 Å². The topological polar surface area (TPSA) is 81.7 Å². The molecule has 0 bridgehead atoms. The van der Waals surface area contributed by atoms with Gasteiger partial charge in [0.1, 0.15) is 11.3 Å². The van der Waals surface area contributed by atoms with Crippen molar-refractivity contribution in [3.05, 3.63) is 78.4 Å². The van der Waals surface area contributed by atoms with Crippen LogP contribution >= 0.6 is 0 Å². The number of carbonyl (C=O) groups is 1. The van der Waals surface area contributed by atoms with Gasteiger partial charge >= 0.3 is 0 Å². The maximum Gasteiger partial charge on any atom is 0.280 e. The average molecular weight is 357 g/mol. The second kappa shape index (κ2) is 7.17. The summed E-state index contributed by atoms with van der Waals surface area (Å²) in [4.78, 5) is 12.7.